The minimum atomic E-state index is 0.579. The first-order valence-corrected chi connectivity index (χ1v) is 8.26. The highest BCUT2D eigenvalue weighted by atomic mass is 15.0. The molecule has 4 unspecified atom stereocenters. The van der Waals surface area contributed by atoms with Gasteiger partial charge in [0.15, 0.2) is 0 Å². The quantitative estimate of drug-likeness (QED) is 0.762. The SMILES string of the molecule is CCC1CCCC(NC2CCC(C)(C)CC2C)C1. The van der Waals surface area contributed by atoms with Gasteiger partial charge >= 0.3 is 0 Å². The van der Waals surface area contributed by atoms with Crippen LogP contribution in [0.3, 0.4) is 0 Å². The summed E-state index contributed by atoms with van der Waals surface area (Å²) < 4.78 is 0. The van der Waals surface area contributed by atoms with Crippen LogP contribution in [-0.2, 0) is 0 Å². The maximum atomic E-state index is 4.01. The molecule has 0 spiro atoms. The van der Waals surface area contributed by atoms with Crippen molar-refractivity contribution >= 4 is 0 Å². The fourth-order valence-corrected chi connectivity index (χ4v) is 4.31. The van der Waals surface area contributed by atoms with Gasteiger partial charge in [0, 0.05) is 12.1 Å². The lowest BCUT2D eigenvalue weighted by Gasteiger charge is -2.42. The fraction of sp³-hybridized carbons (Fsp3) is 1.00. The van der Waals surface area contributed by atoms with Crippen LogP contribution in [0.15, 0.2) is 0 Å². The molecule has 2 aliphatic carbocycles. The van der Waals surface area contributed by atoms with Crippen molar-refractivity contribution in [3.8, 4) is 0 Å². The molecule has 0 aromatic rings. The maximum Gasteiger partial charge on any atom is 0.00956 e. The molecule has 0 saturated heterocycles. The van der Waals surface area contributed by atoms with Gasteiger partial charge in [0.2, 0.25) is 0 Å². The van der Waals surface area contributed by atoms with E-state index in [9.17, 15) is 0 Å². The highest BCUT2D eigenvalue weighted by Crippen LogP contribution is 2.39. The minimum Gasteiger partial charge on any atom is -0.311 e. The zero-order valence-corrected chi connectivity index (χ0v) is 13.0. The van der Waals surface area contributed by atoms with E-state index in [-0.39, 0.29) is 0 Å². The van der Waals surface area contributed by atoms with Crippen LogP contribution < -0.4 is 5.32 Å². The third-order valence-electron chi connectivity index (χ3n) is 5.50. The Kier molecular flexibility index (Phi) is 4.75. The standard InChI is InChI=1S/C17H33N/c1-5-14-7-6-8-15(11-14)18-16-9-10-17(3,4)12-13(16)2/h13-16,18H,5-12H2,1-4H3. The van der Waals surface area contributed by atoms with Crippen molar-refractivity contribution in [3.63, 3.8) is 0 Å². The molecule has 2 saturated carbocycles. The second-order valence-corrected chi connectivity index (χ2v) is 7.80. The molecule has 0 bridgehead atoms. The van der Waals surface area contributed by atoms with E-state index in [0.29, 0.717) is 5.41 Å². The first kappa shape index (κ1) is 14.4. The Morgan fingerprint density at radius 1 is 1.17 bits per heavy atom. The van der Waals surface area contributed by atoms with Crippen molar-refractivity contribution in [1.29, 1.82) is 0 Å². The van der Waals surface area contributed by atoms with Crippen LogP contribution >= 0.6 is 0 Å². The van der Waals surface area contributed by atoms with Gasteiger partial charge in [-0.15, -0.1) is 0 Å². The summed E-state index contributed by atoms with van der Waals surface area (Å²) in [5, 5.41) is 4.01. The second-order valence-electron chi connectivity index (χ2n) is 7.80. The van der Waals surface area contributed by atoms with E-state index in [1.54, 1.807) is 0 Å². The number of rotatable bonds is 3. The molecule has 0 amide bonds. The van der Waals surface area contributed by atoms with E-state index in [0.717, 1.165) is 23.9 Å². The van der Waals surface area contributed by atoms with Gasteiger partial charge in [-0.1, -0.05) is 47.0 Å². The van der Waals surface area contributed by atoms with Crippen molar-refractivity contribution < 1.29 is 0 Å². The van der Waals surface area contributed by atoms with Crippen LogP contribution in [0.4, 0.5) is 0 Å². The van der Waals surface area contributed by atoms with Gasteiger partial charge < -0.3 is 5.32 Å². The molecule has 0 radical (unpaired) electrons. The van der Waals surface area contributed by atoms with Crippen molar-refractivity contribution in [3.05, 3.63) is 0 Å². The second kappa shape index (κ2) is 5.94. The van der Waals surface area contributed by atoms with E-state index in [1.807, 2.05) is 0 Å². The summed E-state index contributed by atoms with van der Waals surface area (Å²) in [6, 6.07) is 1.61. The van der Waals surface area contributed by atoms with Crippen molar-refractivity contribution in [1.82, 2.24) is 5.32 Å². The molecule has 1 N–H and O–H groups in total. The van der Waals surface area contributed by atoms with E-state index in [1.165, 1.54) is 51.4 Å². The van der Waals surface area contributed by atoms with Gasteiger partial charge in [-0.3, -0.25) is 0 Å². The summed E-state index contributed by atoms with van der Waals surface area (Å²) in [7, 11) is 0. The third-order valence-corrected chi connectivity index (χ3v) is 5.50. The first-order valence-electron chi connectivity index (χ1n) is 8.26. The van der Waals surface area contributed by atoms with E-state index < -0.39 is 0 Å². The predicted molar refractivity (Wildman–Crippen MR) is 79.8 cm³/mol. The molecule has 2 aliphatic rings. The van der Waals surface area contributed by atoms with Crippen molar-refractivity contribution in [2.75, 3.05) is 0 Å². The molecule has 18 heavy (non-hydrogen) atoms. The topological polar surface area (TPSA) is 12.0 Å². The van der Waals surface area contributed by atoms with Crippen LogP contribution in [0.25, 0.3) is 0 Å². The number of nitrogens with one attached hydrogen (secondary N) is 1. The molecule has 0 aromatic heterocycles. The molecule has 2 rings (SSSR count). The van der Waals surface area contributed by atoms with Gasteiger partial charge in [-0.05, 0) is 49.4 Å². The van der Waals surface area contributed by atoms with Crippen molar-refractivity contribution in [2.45, 2.75) is 91.1 Å². The summed E-state index contributed by atoms with van der Waals surface area (Å²) in [5.41, 5.74) is 0.579. The van der Waals surface area contributed by atoms with Gasteiger partial charge in [-0.25, -0.2) is 0 Å². The van der Waals surface area contributed by atoms with E-state index in [4.69, 9.17) is 0 Å². The van der Waals surface area contributed by atoms with Crippen LogP contribution in [-0.4, -0.2) is 12.1 Å². The number of hydrogen-bond acceptors (Lipinski definition) is 1. The maximum absolute atomic E-state index is 4.01. The zero-order valence-electron chi connectivity index (χ0n) is 13.0. The normalized spacial score (nSPS) is 40.7. The van der Waals surface area contributed by atoms with Gasteiger partial charge in [-0.2, -0.15) is 0 Å². The Labute approximate surface area is 114 Å². The molecular formula is C17H33N. The van der Waals surface area contributed by atoms with Gasteiger partial charge in [0.05, 0.1) is 0 Å². The smallest absolute Gasteiger partial charge is 0.00956 e. The summed E-state index contributed by atoms with van der Waals surface area (Å²) in [6.45, 7) is 9.69. The molecule has 106 valence electrons. The van der Waals surface area contributed by atoms with E-state index in [2.05, 4.69) is 33.0 Å². The summed E-state index contributed by atoms with van der Waals surface area (Å²) in [4.78, 5) is 0. The molecule has 0 aliphatic heterocycles. The minimum absolute atomic E-state index is 0.579. The van der Waals surface area contributed by atoms with Crippen molar-refractivity contribution in [2.24, 2.45) is 17.3 Å². The average Bonchev–Trinajstić information content (AvgIpc) is 2.32. The largest absolute Gasteiger partial charge is 0.311 e. The average molecular weight is 251 g/mol. The molecule has 1 nitrogen and oxygen atoms in total. The van der Waals surface area contributed by atoms with Crippen LogP contribution in [0.2, 0.25) is 0 Å². The van der Waals surface area contributed by atoms with Crippen LogP contribution in [0.5, 0.6) is 0 Å². The summed E-state index contributed by atoms with van der Waals surface area (Å²) in [5.74, 6) is 1.85. The molecule has 0 heterocycles. The highest BCUT2D eigenvalue weighted by molar-refractivity contribution is 4.89. The summed E-state index contributed by atoms with van der Waals surface area (Å²) >= 11 is 0. The highest BCUT2D eigenvalue weighted by Gasteiger charge is 2.33. The Morgan fingerprint density at radius 3 is 2.61 bits per heavy atom. The molecule has 2 fully saturated rings. The lowest BCUT2D eigenvalue weighted by molar-refractivity contribution is 0.130. The Hall–Kier alpha value is -0.0400. The zero-order chi connectivity index (χ0) is 13.2. The molecule has 4 atom stereocenters. The Morgan fingerprint density at radius 2 is 1.94 bits per heavy atom. The third kappa shape index (κ3) is 3.73. The summed E-state index contributed by atoms with van der Waals surface area (Å²) in [6.07, 6.45) is 11.3. The van der Waals surface area contributed by atoms with Gasteiger partial charge in [0.1, 0.15) is 0 Å². The lowest BCUT2D eigenvalue weighted by Crippen LogP contribution is -2.47. The fourth-order valence-electron chi connectivity index (χ4n) is 4.31. The first-order chi connectivity index (χ1) is 8.50. The lowest BCUT2D eigenvalue weighted by atomic mass is 9.70. The molecule has 0 aromatic carbocycles. The van der Waals surface area contributed by atoms with Crippen LogP contribution in [0.1, 0.15) is 79.1 Å². The molecular weight excluding hydrogens is 218 g/mol. The monoisotopic (exact) mass is 251 g/mol. The van der Waals surface area contributed by atoms with Gasteiger partial charge in [0.25, 0.3) is 0 Å². The predicted octanol–water partition coefficient (Wildman–Crippen LogP) is 4.76. The molecule has 1 heteroatoms. The number of hydrogen-bond donors (Lipinski definition) is 1. The Balaban J connectivity index is 1.82. The Bertz CT molecular complexity index is 258. The van der Waals surface area contributed by atoms with E-state index >= 15 is 0 Å². The van der Waals surface area contributed by atoms with Crippen LogP contribution in [0, 0.1) is 17.3 Å².